The van der Waals surface area contributed by atoms with Gasteiger partial charge in [-0.15, -0.1) is 0 Å². The summed E-state index contributed by atoms with van der Waals surface area (Å²) in [6.07, 6.45) is 0. The highest BCUT2D eigenvalue weighted by Gasteiger charge is 2.23. The van der Waals surface area contributed by atoms with Crippen LogP contribution in [0.25, 0.3) is 0 Å². The van der Waals surface area contributed by atoms with E-state index < -0.39 is 23.8 Å². The molecule has 0 radical (unpaired) electrons. The molecule has 4 heteroatoms. The van der Waals surface area contributed by atoms with Gasteiger partial charge in [0.1, 0.15) is 11.6 Å². The number of aliphatic hydroxyl groups is 1. The van der Waals surface area contributed by atoms with Gasteiger partial charge < -0.3 is 10.8 Å². The zero-order chi connectivity index (χ0) is 10.1. The number of aliphatic hydroxyl groups excluding tert-OH is 1. The first-order chi connectivity index (χ1) is 5.97. The van der Waals surface area contributed by atoms with Crippen LogP contribution in [0.5, 0.6) is 0 Å². The number of halogens is 2. The summed E-state index contributed by atoms with van der Waals surface area (Å²) >= 11 is 0. The van der Waals surface area contributed by atoms with Crippen LogP contribution in [0.2, 0.25) is 0 Å². The fraction of sp³-hybridized carbons (Fsp3) is 0.333. The van der Waals surface area contributed by atoms with Crippen molar-refractivity contribution in [1.29, 1.82) is 0 Å². The van der Waals surface area contributed by atoms with E-state index in [0.29, 0.717) is 0 Å². The summed E-state index contributed by atoms with van der Waals surface area (Å²) in [6, 6.07) is 3.09. The Balaban J connectivity index is 3.16. The Morgan fingerprint density at radius 1 is 1.46 bits per heavy atom. The minimum absolute atomic E-state index is 0.108. The summed E-state index contributed by atoms with van der Waals surface area (Å²) < 4.78 is 25.6. The van der Waals surface area contributed by atoms with Crippen LogP contribution in [0, 0.1) is 11.6 Å². The van der Waals surface area contributed by atoms with Gasteiger partial charge in [-0.2, -0.15) is 0 Å². The largest absolute Gasteiger partial charge is 0.394 e. The Labute approximate surface area is 75.0 Å². The van der Waals surface area contributed by atoms with E-state index in [1.807, 2.05) is 0 Å². The zero-order valence-electron chi connectivity index (χ0n) is 7.22. The molecule has 0 heterocycles. The highest BCUT2D eigenvalue weighted by atomic mass is 19.1. The average Bonchev–Trinajstić information content (AvgIpc) is 2.03. The fourth-order valence-electron chi connectivity index (χ4n) is 1.04. The Morgan fingerprint density at radius 3 is 2.54 bits per heavy atom. The molecule has 0 fully saturated rings. The monoisotopic (exact) mass is 187 g/mol. The van der Waals surface area contributed by atoms with Crippen molar-refractivity contribution in [2.45, 2.75) is 12.5 Å². The predicted octanol–water partition coefficient (Wildman–Crippen LogP) is 1.13. The summed E-state index contributed by atoms with van der Waals surface area (Å²) in [4.78, 5) is 0. The third-order valence-corrected chi connectivity index (χ3v) is 1.87. The van der Waals surface area contributed by atoms with Crippen LogP contribution in [-0.4, -0.2) is 11.7 Å². The molecule has 0 spiro atoms. The molecule has 0 aliphatic heterocycles. The molecule has 1 aromatic carbocycles. The van der Waals surface area contributed by atoms with E-state index in [2.05, 4.69) is 0 Å². The van der Waals surface area contributed by atoms with Gasteiger partial charge in [-0.3, -0.25) is 0 Å². The first-order valence-corrected chi connectivity index (χ1v) is 3.82. The van der Waals surface area contributed by atoms with Gasteiger partial charge in [-0.25, -0.2) is 8.78 Å². The molecule has 1 rings (SSSR count). The van der Waals surface area contributed by atoms with Gasteiger partial charge >= 0.3 is 0 Å². The molecule has 0 unspecified atom stereocenters. The first kappa shape index (κ1) is 10.1. The van der Waals surface area contributed by atoms with Gasteiger partial charge in [0, 0.05) is 11.6 Å². The van der Waals surface area contributed by atoms with Crippen molar-refractivity contribution in [1.82, 2.24) is 0 Å². The topological polar surface area (TPSA) is 46.2 Å². The number of benzene rings is 1. The van der Waals surface area contributed by atoms with E-state index in [1.54, 1.807) is 0 Å². The highest BCUT2D eigenvalue weighted by Crippen LogP contribution is 2.20. The fourth-order valence-corrected chi connectivity index (χ4v) is 1.04. The molecule has 0 bridgehead atoms. The second-order valence-corrected chi connectivity index (χ2v) is 3.20. The van der Waals surface area contributed by atoms with Gasteiger partial charge in [0.05, 0.1) is 12.1 Å². The van der Waals surface area contributed by atoms with Crippen LogP contribution >= 0.6 is 0 Å². The van der Waals surface area contributed by atoms with Crippen molar-refractivity contribution in [3.8, 4) is 0 Å². The zero-order valence-corrected chi connectivity index (χ0v) is 7.22. The third kappa shape index (κ3) is 2.02. The van der Waals surface area contributed by atoms with Gasteiger partial charge in [0.15, 0.2) is 0 Å². The molecule has 1 aromatic rings. The maximum Gasteiger partial charge on any atom is 0.131 e. The maximum atomic E-state index is 13.1. The van der Waals surface area contributed by atoms with E-state index in [1.165, 1.54) is 13.0 Å². The lowest BCUT2D eigenvalue weighted by Gasteiger charge is -2.22. The Hall–Kier alpha value is -1.00. The molecule has 1 atom stereocenters. The van der Waals surface area contributed by atoms with Crippen molar-refractivity contribution in [3.63, 3.8) is 0 Å². The van der Waals surface area contributed by atoms with Crippen molar-refractivity contribution in [3.05, 3.63) is 35.4 Å². The average molecular weight is 187 g/mol. The Kier molecular flexibility index (Phi) is 2.63. The molecule has 0 saturated carbocycles. The lowest BCUT2D eigenvalue weighted by Crippen LogP contribution is -2.37. The molecule has 13 heavy (non-hydrogen) atoms. The molecule has 2 nitrogen and oxygen atoms in total. The van der Waals surface area contributed by atoms with Crippen LogP contribution in [-0.2, 0) is 5.54 Å². The normalized spacial score (nSPS) is 15.5. The molecule has 0 aliphatic carbocycles. The summed E-state index contributed by atoms with van der Waals surface area (Å²) in [5.74, 6) is -1.39. The van der Waals surface area contributed by atoms with E-state index in [0.717, 1.165) is 12.1 Å². The van der Waals surface area contributed by atoms with Crippen LogP contribution in [0.3, 0.4) is 0 Å². The minimum atomic E-state index is -1.17. The molecule has 0 saturated heterocycles. The second kappa shape index (κ2) is 3.40. The van der Waals surface area contributed by atoms with E-state index in [9.17, 15) is 8.78 Å². The van der Waals surface area contributed by atoms with Crippen molar-refractivity contribution in [2.24, 2.45) is 5.73 Å². The van der Waals surface area contributed by atoms with Crippen LogP contribution in [0.4, 0.5) is 8.78 Å². The van der Waals surface area contributed by atoms with E-state index in [-0.39, 0.29) is 5.56 Å². The number of nitrogens with two attached hydrogens (primary N) is 1. The van der Waals surface area contributed by atoms with Gasteiger partial charge in [-0.1, -0.05) is 6.07 Å². The van der Waals surface area contributed by atoms with Crippen LogP contribution in [0.1, 0.15) is 12.5 Å². The molecule has 0 aliphatic rings. The summed E-state index contributed by atoms with van der Waals surface area (Å²) in [6.45, 7) is 1.08. The summed E-state index contributed by atoms with van der Waals surface area (Å²) in [7, 11) is 0. The molecule has 0 aromatic heterocycles. The van der Waals surface area contributed by atoms with Crippen molar-refractivity contribution < 1.29 is 13.9 Å². The SMILES string of the molecule is C[C@@](N)(CO)c1ccc(F)cc1F. The van der Waals surface area contributed by atoms with E-state index >= 15 is 0 Å². The lowest BCUT2D eigenvalue weighted by molar-refractivity contribution is 0.206. The second-order valence-electron chi connectivity index (χ2n) is 3.20. The maximum absolute atomic E-state index is 13.1. The molecule has 72 valence electrons. The number of hydrogen-bond donors (Lipinski definition) is 2. The summed E-state index contributed by atoms with van der Waals surface area (Å²) in [5.41, 5.74) is 4.51. The quantitative estimate of drug-likeness (QED) is 0.729. The van der Waals surface area contributed by atoms with Crippen LogP contribution in [0.15, 0.2) is 18.2 Å². The van der Waals surface area contributed by atoms with Gasteiger partial charge in [0.2, 0.25) is 0 Å². The van der Waals surface area contributed by atoms with E-state index in [4.69, 9.17) is 10.8 Å². The van der Waals surface area contributed by atoms with Crippen LogP contribution < -0.4 is 5.73 Å². The highest BCUT2D eigenvalue weighted by molar-refractivity contribution is 5.25. The molecular formula is C9H11F2NO. The predicted molar refractivity (Wildman–Crippen MR) is 45.0 cm³/mol. The third-order valence-electron chi connectivity index (χ3n) is 1.87. The Morgan fingerprint density at radius 2 is 2.08 bits per heavy atom. The Bertz CT molecular complexity index is 312. The first-order valence-electron chi connectivity index (χ1n) is 3.82. The molecule has 0 amide bonds. The van der Waals surface area contributed by atoms with Crippen molar-refractivity contribution >= 4 is 0 Å². The van der Waals surface area contributed by atoms with Gasteiger partial charge in [-0.05, 0) is 13.0 Å². The number of hydrogen-bond acceptors (Lipinski definition) is 2. The molecule has 3 N–H and O–H groups in total. The number of rotatable bonds is 2. The standard InChI is InChI=1S/C9H11F2NO/c1-9(12,5-13)7-3-2-6(10)4-8(7)11/h2-4,13H,5,12H2,1H3/t9-/m1/s1. The molecular weight excluding hydrogens is 176 g/mol. The van der Waals surface area contributed by atoms with Crippen molar-refractivity contribution in [2.75, 3.05) is 6.61 Å². The minimum Gasteiger partial charge on any atom is -0.394 e. The lowest BCUT2D eigenvalue weighted by atomic mass is 9.94. The summed E-state index contributed by atoms with van der Waals surface area (Å²) in [5, 5.41) is 8.86. The van der Waals surface area contributed by atoms with Gasteiger partial charge in [0.25, 0.3) is 0 Å². The smallest absolute Gasteiger partial charge is 0.131 e.